The van der Waals surface area contributed by atoms with Crippen LogP contribution < -0.4 is 5.32 Å². The number of sulfonamides is 1. The topological polar surface area (TPSA) is 79.0 Å². The zero-order valence-electron chi connectivity index (χ0n) is 18.2. The molecule has 0 saturated carbocycles. The monoisotopic (exact) mass is 437 g/mol. The first-order valence-electron chi connectivity index (χ1n) is 11.0. The molecule has 1 amide bonds. The first-order valence-corrected chi connectivity index (χ1v) is 12.7. The van der Waals surface area contributed by atoms with Crippen molar-refractivity contribution in [3.63, 3.8) is 0 Å². The van der Waals surface area contributed by atoms with Crippen molar-refractivity contribution < 1.29 is 17.9 Å². The van der Waals surface area contributed by atoms with E-state index in [1.165, 1.54) is 15.4 Å². The summed E-state index contributed by atoms with van der Waals surface area (Å²) in [6.07, 6.45) is 2.05. The lowest BCUT2D eigenvalue weighted by atomic mass is 9.98. The lowest BCUT2D eigenvalue weighted by Gasteiger charge is -2.36. The van der Waals surface area contributed by atoms with Crippen molar-refractivity contribution >= 4 is 15.9 Å². The van der Waals surface area contributed by atoms with Crippen LogP contribution in [0.15, 0.2) is 24.3 Å². The van der Waals surface area contributed by atoms with E-state index in [1.807, 2.05) is 6.92 Å². The number of carbonyl (C=O) groups is 1. The molecule has 8 heteroatoms. The van der Waals surface area contributed by atoms with E-state index in [0.29, 0.717) is 39.3 Å². The second-order valence-corrected chi connectivity index (χ2v) is 10.4. The molecule has 2 atom stereocenters. The minimum atomic E-state index is -3.26. The van der Waals surface area contributed by atoms with Gasteiger partial charge in [0.1, 0.15) is 0 Å². The number of amides is 1. The molecule has 2 unspecified atom stereocenters. The van der Waals surface area contributed by atoms with E-state index < -0.39 is 10.0 Å². The molecule has 1 aromatic carbocycles. The van der Waals surface area contributed by atoms with Crippen LogP contribution in [0.2, 0.25) is 0 Å². The third-order valence-corrected chi connectivity index (χ3v) is 8.07. The third kappa shape index (κ3) is 6.03. The molecule has 3 rings (SSSR count). The van der Waals surface area contributed by atoms with Gasteiger partial charge in [0.25, 0.3) is 0 Å². The lowest BCUT2D eigenvalue weighted by Crippen LogP contribution is -2.48. The van der Waals surface area contributed by atoms with E-state index >= 15 is 0 Å². The maximum Gasteiger partial charge on any atom is 0.224 e. The number of piperidine rings is 1. The number of hydrogen-bond acceptors (Lipinski definition) is 5. The normalized spacial score (nSPS) is 22.5. The Bertz CT molecular complexity index is 791. The van der Waals surface area contributed by atoms with Crippen LogP contribution in [0.1, 0.15) is 43.4 Å². The summed E-state index contributed by atoms with van der Waals surface area (Å²) in [5.74, 6) is -0.182. The number of nitrogens with one attached hydrogen (secondary N) is 1. The molecule has 0 bridgehead atoms. The molecule has 0 aromatic heterocycles. The van der Waals surface area contributed by atoms with Crippen LogP contribution in [0.5, 0.6) is 0 Å². The Morgan fingerprint density at radius 3 is 2.57 bits per heavy atom. The standard InChI is InChI=1S/C22H35N3O4S/c1-3-15-30(27,28)25-10-4-5-20(17-25)22(26)23-16-21(24-11-13-29-14-12-24)19-8-6-18(2)7-9-19/h6-9,20-21H,3-5,10-17H2,1-2H3,(H,23,26). The van der Waals surface area contributed by atoms with Crippen molar-refractivity contribution in [1.82, 2.24) is 14.5 Å². The van der Waals surface area contributed by atoms with Crippen LogP contribution in [-0.2, 0) is 19.6 Å². The lowest BCUT2D eigenvalue weighted by molar-refractivity contribution is -0.126. The summed E-state index contributed by atoms with van der Waals surface area (Å²) in [7, 11) is -3.26. The highest BCUT2D eigenvalue weighted by atomic mass is 32.2. The molecule has 2 saturated heterocycles. The van der Waals surface area contributed by atoms with E-state index in [-0.39, 0.29) is 23.6 Å². The number of ether oxygens (including phenoxy) is 1. The van der Waals surface area contributed by atoms with Crippen LogP contribution in [0.4, 0.5) is 0 Å². The molecule has 2 heterocycles. The average molecular weight is 438 g/mol. The van der Waals surface area contributed by atoms with Gasteiger partial charge in [0.2, 0.25) is 15.9 Å². The Kier molecular flexibility index (Phi) is 8.27. The minimum Gasteiger partial charge on any atom is -0.379 e. The predicted molar refractivity (Wildman–Crippen MR) is 118 cm³/mol. The van der Waals surface area contributed by atoms with Crippen LogP contribution >= 0.6 is 0 Å². The second kappa shape index (κ2) is 10.7. The van der Waals surface area contributed by atoms with Crippen molar-refractivity contribution in [3.8, 4) is 0 Å². The van der Waals surface area contributed by atoms with Crippen molar-refractivity contribution in [1.29, 1.82) is 0 Å². The van der Waals surface area contributed by atoms with Crippen molar-refractivity contribution in [3.05, 3.63) is 35.4 Å². The molecule has 2 aliphatic rings. The van der Waals surface area contributed by atoms with Gasteiger partial charge in [0.05, 0.1) is 30.9 Å². The summed E-state index contributed by atoms with van der Waals surface area (Å²) < 4.78 is 31.8. The smallest absolute Gasteiger partial charge is 0.224 e. The molecule has 168 valence electrons. The fourth-order valence-electron chi connectivity index (χ4n) is 4.27. The number of benzene rings is 1. The third-order valence-electron chi connectivity index (χ3n) is 6.03. The van der Waals surface area contributed by atoms with Crippen LogP contribution in [0.25, 0.3) is 0 Å². The SMILES string of the molecule is CCCS(=O)(=O)N1CCCC(C(=O)NCC(c2ccc(C)cc2)N2CCOCC2)C1. The predicted octanol–water partition coefficient (Wildman–Crippen LogP) is 1.94. The first kappa shape index (κ1) is 23.2. The maximum absolute atomic E-state index is 12.9. The van der Waals surface area contributed by atoms with E-state index in [1.54, 1.807) is 0 Å². The van der Waals surface area contributed by atoms with E-state index in [4.69, 9.17) is 4.74 Å². The zero-order valence-corrected chi connectivity index (χ0v) is 19.0. The van der Waals surface area contributed by atoms with Gasteiger partial charge in [-0.2, -0.15) is 0 Å². The molecule has 1 aromatic rings. The first-order chi connectivity index (χ1) is 14.4. The van der Waals surface area contributed by atoms with Gasteiger partial charge in [0, 0.05) is 32.7 Å². The summed E-state index contributed by atoms with van der Waals surface area (Å²) in [5.41, 5.74) is 2.39. The Balaban J connectivity index is 1.64. The van der Waals surface area contributed by atoms with Crippen molar-refractivity contribution in [2.45, 2.75) is 39.2 Å². The fraction of sp³-hybridized carbons (Fsp3) is 0.682. The molecule has 30 heavy (non-hydrogen) atoms. The number of rotatable bonds is 8. The number of aryl methyl sites for hydroxylation is 1. The highest BCUT2D eigenvalue weighted by Gasteiger charge is 2.32. The summed E-state index contributed by atoms with van der Waals surface area (Å²) in [6, 6.07) is 8.54. The molecule has 0 radical (unpaired) electrons. The highest BCUT2D eigenvalue weighted by Crippen LogP contribution is 2.23. The minimum absolute atomic E-state index is 0.0447. The molecule has 0 spiro atoms. The van der Waals surface area contributed by atoms with Crippen molar-refractivity contribution in [2.75, 3.05) is 51.7 Å². The summed E-state index contributed by atoms with van der Waals surface area (Å²) in [6.45, 7) is 8.32. The molecule has 1 N–H and O–H groups in total. The average Bonchev–Trinajstić information content (AvgIpc) is 2.76. The zero-order chi connectivity index (χ0) is 21.6. The summed E-state index contributed by atoms with van der Waals surface area (Å²) in [5, 5.41) is 3.12. The van der Waals surface area contributed by atoms with Gasteiger partial charge in [-0.05, 0) is 31.7 Å². The van der Waals surface area contributed by atoms with Gasteiger partial charge in [0.15, 0.2) is 0 Å². The largest absolute Gasteiger partial charge is 0.379 e. The fourth-order valence-corrected chi connectivity index (χ4v) is 5.86. The Morgan fingerprint density at radius 1 is 1.20 bits per heavy atom. The Hall–Kier alpha value is -1.48. The molecule has 0 aliphatic carbocycles. The van der Waals surface area contributed by atoms with Crippen molar-refractivity contribution in [2.24, 2.45) is 5.92 Å². The summed E-state index contributed by atoms with van der Waals surface area (Å²) >= 11 is 0. The van der Waals surface area contributed by atoms with Gasteiger partial charge in [-0.1, -0.05) is 36.8 Å². The molecule has 7 nitrogen and oxygen atoms in total. The van der Waals surface area contributed by atoms with E-state index in [0.717, 1.165) is 25.9 Å². The van der Waals surface area contributed by atoms with Gasteiger partial charge in [-0.3, -0.25) is 9.69 Å². The second-order valence-electron chi connectivity index (χ2n) is 8.33. The quantitative estimate of drug-likeness (QED) is 0.672. The van der Waals surface area contributed by atoms with Gasteiger partial charge >= 0.3 is 0 Å². The molecular formula is C22H35N3O4S. The van der Waals surface area contributed by atoms with Crippen LogP contribution in [0.3, 0.4) is 0 Å². The molecule has 2 aliphatic heterocycles. The Morgan fingerprint density at radius 2 is 1.90 bits per heavy atom. The highest BCUT2D eigenvalue weighted by molar-refractivity contribution is 7.89. The van der Waals surface area contributed by atoms with Gasteiger partial charge in [-0.15, -0.1) is 0 Å². The maximum atomic E-state index is 12.9. The van der Waals surface area contributed by atoms with E-state index in [9.17, 15) is 13.2 Å². The van der Waals surface area contributed by atoms with Gasteiger partial charge in [-0.25, -0.2) is 12.7 Å². The number of hydrogen-bond donors (Lipinski definition) is 1. The number of nitrogens with zero attached hydrogens (tertiary/aromatic N) is 2. The van der Waals surface area contributed by atoms with Crippen LogP contribution in [0, 0.1) is 12.8 Å². The van der Waals surface area contributed by atoms with Crippen LogP contribution in [-0.4, -0.2) is 75.2 Å². The van der Waals surface area contributed by atoms with Gasteiger partial charge < -0.3 is 10.1 Å². The molecular weight excluding hydrogens is 402 g/mol. The number of carbonyl (C=O) groups excluding carboxylic acids is 1. The summed E-state index contributed by atoms with van der Waals surface area (Å²) in [4.78, 5) is 15.3. The van der Waals surface area contributed by atoms with E-state index in [2.05, 4.69) is 41.4 Å². The Labute approximate surface area is 180 Å². The number of morpholine rings is 1. The molecule has 2 fully saturated rings.